The van der Waals surface area contributed by atoms with Crippen LogP contribution in [0.5, 0.6) is 0 Å². The van der Waals surface area contributed by atoms with Crippen LogP contribution in [-0.4, -0.2) is 23.9 Å². The highest BCUT2D eigenvalue weighted by molar-refractivity contribution is 6.33. The fourth-order valence-corrected chi connectivity index (χ4v) is 1.85. The molecule has 1 aromatic carbocycles. The number of benzene rings is 1. The predicted octanol–water partition coefficient (Wildman–Crippen LogP) is 3.32. The molecule has 0 aliphatic heterocycles. The highest BCUT2D eigenvalue weighted by Gasteiger charge is 2.16. The summed E-state index contributed by atoms with van der Waals surface area (Å²) in [7, 11) is 0. The smallest absolute Gasteiger partial charge is 0.0839 e. The molecule has 2 atom stereocenters. The molecular formula is C12H16Cl2O2. The number of hydrogen-bond acceptors (Lipinski definition) is 2. The van der Waals surface area contributed by atoms with E-state index in [1.165, 1.54) is 0 Å². The van der Waals surface area contributed by atoms with Crippen LogP contribution in [0.15, 0.2) is 18.2 Å². The Labute approximate surface area is 106 Å². The second kappa shape index (κ2) is 6.45. The lowest BCUT2D eigenvalue weighted by Gasteiger charge is -2.19. The van der Waals surface area contributed by atoms with E-state index in [-0.39, 0.29) is 6.10 Å². The van der Waals surface area contributed by atoms with Crippen molar-refractivity contribution >= 4 is 23.2 Å². The number of aliphatic hydroxyl groups excluding tert-OH is 1. The Hall–Kier alpha value is -0.280. The first-order valence-corrected chi connectivity index (χ1v) is 6.03. The molecule has 1 aromatic rings. The van der Waals surface area contributed by atoms with E-state index < -0.39 is 6.10 Å². The Balaban J connectivity index is 2.68. The van der Waals surface area contributed by atoms with Crippen molar-refractivity contribution < 1.29 is 9.84 Å². The number of rotatable bonds is 5. The standard InChI is InChI=1S/C12H16Cl2O2/c1-3-16-8(2)12(15)7-9-6-10(13)4-5-11(9)14/h4-6,8,12,15H,3,7H2,1-2H3. The van der Waals surface area contributed by atoms with Crippen molar-refractivity contribution in [2.45, 2.75) is 32.5 Å². The van der Waals surface area contributed by atoms with E-state index in [0.29, 0.717) is 23.1 Å². The molecule has 0 bridgehead atoms. The van der Waals surface area contributed by atoms with Crippen LogP contribution < -0.4 is 0 Å². The van der Waals surface area contributed by atoms with E-state index in [1.54, 1.807) is 18.2 Å². The topological polar surface area (TPSA) is 29.5 Å². The lowest BCUT2D eigenvalue weighted by atomic mass is 10.0. The molecule has 4 heteroatoms. The van der Waals surface area contributed by atoms with Gasteiger partial charge < -0.3 is 9.84 Å². The average molecular weight is 263 g/mol. The van der Waals surface area contributed by atoms with Crippen LogP contribution in [0.3, 0.4) is 0 Å². The molecule has 0 radical (unpaired) electrons. The molecule has 1 N–H and O–H groups in total. The normalized spacial score (nSPS) is 14.8. The van der Waals surface area contributed by atoms with Crippen molar-refractivity contribution in [2.75, 3.05) is 6.61 Å². The van der Waals surface area contributed by atoms with Crippen LogP contribution in [0, 0.1) is 0 Å². The highest BCUT2D eigenvalue weighted by atomic mass is 35.5. The van der Waals surface area contributed by atoms with Gasteiger partial charge in [0.05, 0.1) is 12.2 Å². The van der Waals surface area contributed by atoms with Crippen molar-refractivity contribution in [2.24, 2.45) is 0 Å². The first-order chi connectivity index (χ1) is 7.54. The minimum Gasteiger partial charge on any atom is -0.390 e. The Bertz CT molecular complexity index is 342. The van der Waals surface area contributed by atoms with Crippen LogP contribution in [0.1, 0.15) is 19.4 Å². The van der Waals surface area contributed by atoms with Gasteiger partial charge in [-0.05, 0) is 37.6 Å². The third-order valence-corrected chi connectivity index (χ3v) is 3.01. The maximum Gasteiger partial charge on any atom is 0.0839 e. The largest absolute Gasteiger partial charge is 0.390 e. The van der Waals surface area contributed by atoms with Crippen LogP contribution in [0.2, 0.25) is 10.0 Å². The molecule has 1 rings (SSSR count). The van der Waals surface area contributed by atoms with Crippen molar-refractivity contribution in [1.29, 1.82) is 0 Å². The van der Waals surface area contributed by atoms with E-state index in [4.69, 9.17) is 27.9 Å². The quantitative estimate of drug-likeness (QED) is 0.883. The van der Waals surface area contributed by atoms with Gasteiger partial charge in [-0.2, -0.15) is 0 Å². The van der Waals surface area contributed by atoms with Gasteiger partial charge in [0, 0.05) is 23.1 Å². The van der Waals surface area contributed by atoms with Crippen LogP contribution >= 0.6 is 23.2 Å². The molecule has 0 heterocycles. The molecule has 0 saturated carbocycles. The molecule has 90 valence electrons. The summed E-state index contributed by atoms with van der Waals surface area (Å²) in [6.45, 7) is 4.32. The Kier molecular flexibility index (Phi) is 5.56. The van der Waals surface area contributed by atoms with Crippen molar-refractivity contribution in [3.63, 3.8) is 0 Å². The SMILES string of the molecule is CCOC(C)C(O)Cc1cc(Cl)ccc1Cl. The van der Waals surface area contributed by atoms with Gasteiger partial charge in [0.25, 0.3) is 0 Å². The summed E-state index contributed by atoms with van der Waals surface area (Å²) < 4.78 is 5.32. The molecule has 16 heavy (non-hydrogen) atoms. The second-order valence-corrected chi connectivity index (χ2v) is 4.51. The van der Waals surface area contributed by atoms with Gasteiger partial charge in [0.2, 0.25) is 0 Å². The van der Waals surface area contributed by atoms with Crippen molar-refractivity contribution in [3.8, 4) is 0 Å². The highest BCUT2D eigenvalue weighted by Crippen LogP contribution is 2.22. The van der Waals surface area contributed by atoms with E-state index in [1.807, 2.05) is 13.8 Å². The zero-order valence-electron chi connectivity index (χ0n) is 9.41. The van der Waals surface area contributed by atoms with Crippen molar-refractivity contribution in [3.05, 3.63) is 33.8 Å². The van der Waals surface area contributed by atoms with Gasteiger partial charge in [0.1, 0.15) is 0 Å². The number of halogens is 2. The first-order valence-electron chi connectivity index (χ1n) is 5.28. The summed E-state index contributed by atoms with van der Waals surface area (Å²) in [6, 6.07) is 5.23. The van der Waals surface area contributed by atoms with Crippen molar-refractivity contribution in [1.82, 2.24) is 0 Å². The third kappa shape index (κ3) is 3.95. The molecule has 0 aliphatic carbocycles. The molecular weight excluding hydrogens is 247 g/mol. The fourth-order valence-electron chi connectivity index (χ4n) is 1.46. The minimum atomic E-state index is -0.573. The van der Waals surface area contributed by atoms with E-state index in [0.717, 1.165) is 5.56 Å². The summed E-state index contributed by atoms with van der Waals surface area (Å²) >= 11 is 11.9. The molecule has 0 aromatic heterocycles. The van der Waals surface area contributed by atoms with E-state index >= 15 is 0 Å². The van der Waals surface area contributed by atoms with Crippen LogP contribution in [0.4, 0.5) is 0 Å². The Morgan fingerprint density at radius 1 is 1.38 bits per heavy atom. The first kappa shape index (κ1) is 13.8. The van der Waals surface area contributed by atoms with E-state index in [2.05, 4.69) is 0 Å². The lowest BCUT2D eigenvalue weighted by Crippen LogP contribution is -2.28. The molecule has 0 saturated heterocycles. The number of hydrogen-bond donors (Lipinski definition) is 1. The molecule has 0 fully saturated rings. The van der Waals surface area contributed by atoms with Gasteiger partial charge >= 0.3 is 0 Å². The van der Waals surface area contributed by atoms with Gasteiger partial charge in [-0.25, -0.2) is 0 Å². The van der Waals surface area contributed by atoms with Crippen LogP contribution in [-0.2, 0) is 11.2 Å². The average Bonchev–Trinajstić information content (AvgIpc) is 2.23. The molecule has 0 amide bonds. The van der Waals surface area contributed by atoms with Gasteiger partial charge in [-0.1, -0.05) is 23.2 Å². The number of aliphatic hydroxyl groups is 1. The molecule has 2 unspecified atom stereocenters. The zero-order chi connectivity index (χ0) is 12.1. The molecule has 2 nitrogen and oxygen atoms in total. The van der Waals surface area contributed by atoms with Crippen LogP contribution in [0.25, 0.3) is 0 Å². The second-order valence-electron chi connectivity index (χ2n) is 3.67. The molecule has 0 aliphatic rings. The summed E-state index contributed by atoms with van der Waals surface area (Å²) in [5, 5.41) is 11.1. The van der Waals surface area contributed by atoms with Gasteiger partial charge in [0.15, 0.2) is 0 Å². The zero-order valence-corrected chi connectivity index (χ0v) is 10.9. The lowest BCUT2D eigenvalue weighted by molar-refractivity contribution is -0.0208. The summed E-state index contributed by atoms with van der Waals surface area (Å²) in [5.74, 6) is 0. The maximum absolute atomic E-state index is 9.89. The predicted molar refractivity (Wildman–Crippen MR) is 67.3 cm³/mol. The van der Waals surface area contributed by atoms with E-state index in [9.17, 15) is 5.11 Å². The number of ether oxygens (including phenoxy) is 1. The summed E-state index contributed by atoms with van der Waals surface area (Å²) in [5.41, 5.74) is 0.841. The summed E-state index contributed by atoms with van der Waals surface area (Å²) in [4.78, 5) is 0. The van der Waals surface area contributed by atoms with Gasteiger partial charge in [-0.15, -0.1) is 0 Å². The van der Waals surface area contributed by atoms with Gasteiger partial charge in [-0.3, -0.25) is 0 Å². The Morgan fingerprint density at radius 3 is 2.69 bits per heavy atom. The monoisotopic (exact) mass is 262 g/mol. The molecule has 0 spiro atoms. The fraction of sp³-hybridized carbons (Fsp3) is 0.500. The minimum absolute atomic E-state index is 0.208. The Morgan fingerprint density at radius 2 is 2.06 bits per heavy atom. The maximum atomic E-state index is 9.89. The summed E-state index contributed by atoms with van der Waals surface area (Å²) in [6.07, 6.45) is -0.337. The third-order valence-electron chi connectivity index (χ3n) is 2.41.